The number of hydrogen-bond donors (Lipinski definition) is 1. The van der Waals surface area contributed by atoms with Crippen LogP contribution in [0.5, 0.6) is 5.75 Å². The first-order valence-electron chi connectivity index (χ1n) is 8.63. The molecule has 0 unspecified atom stereocenters. The molecule has 144 valence electrons. The number of hydrogen-bond acceptors (Lipinski definition) is 6. The molecule has 2 amide bonds. The van der Waals surface area contributed by atoms with Crippen LogP contribution >= 0.6 is 11.6 Å². The predicted molar refractivity (Wildman–Crippen MR) is 107 cm³/mol. The number of carbonyl (C=O) groups excluding carboxylic acids is 1. The minimum absolute atomic E-state index is 0.177. The molecule has 1 fully saturated rings. The van der Waals surface area contributed by atoms with E-state index in [9.17, 15) is 4.79 Å². The first-order valence-corrected chi connectivity index (χ1v) is 9.01. The van der Waals surface area contributed by atoms with Crippen LogP contribution in [0.3, 0.4) is 0 Å². The van der Waals surface area contributed by atoms with Crippen LogP contribution in [0.15, 0.2) is 30.3 Å². The Morgan fingerprint density at radius 3 is 2.48 bits per heavy atom. The van der Waals surface area contributed by atoms with Crippen molar-refractivity contribution in [2.24, 2.45) is 0 Å². The van der Waals surface area contributed by atoms with Gasteiger partial charge in [-0.25, -0.2) is 4.79 Å². The van der Waals surface area contributed by atoms with Gasteiger partial charge in [0.15, 0.2) is 11.6 Å². The molecular formula is C18H23ClN6O2. The SMILES string of the molecule is COc1ccc(Cl)cc1NC(=O)N1CCN(c2ccc(N(C)C)nn2)CC1. The number of carbonyl (C=O) groups is 1. The van der Waals surface area contributed by atoms with Crippen molar-refractivity contribution in [3.63, 3.8) is 0 Å². The molecule has 0 atom stereocenters. The third-order valence-electron chi connectivity index (χ3n) is 4.39. The second kappa shape index (κ2) is 8.30. The number of rotatable bonds is 4. The number of ether oxygens (including phenoxy) is 1. The highest BCUT2D eigenvalue weighted by Crippen LogP contribution is 2.28. The lowest BCUT2D eigenvalue weighted by atomic mass is 10.3. The molecule has 8 nitrogen and oxygen atoms in total. The number of amides is 2. The van der Waals surface area contributed by atoms with Gasteiger partial charge in [0.1, 0.15) is 5.75 Å². The highest BCUT2D eigenvalue weighted by Gasteiger charge is 2.23. The van der Waals surface area contributed by atoms with Crippen LogP contribution in [-0.4, -0.2) is 68.5 Å². The van der Waals surface area contributed by atoms with Crippen molar-refractivity contribution >= 4 is 35.0 Å². The average molecular weight is 391 g/mol. The highest BCUT2D eigenvalue weighted by atomic mass is 35.5. The summed E-state index contributed by atoms with van der Waals surface area (Å²) in [6.45, 7) is 2.56. The molecule has 3 rings (SSSR count). The van der Waals surface area contributed by atoms with Crippen molar-refractivity contribution < 1.29 is 9.53 Å². The van der Waals surface area contributed by atoms with E-state index in [4.69, 9.17) is 16.3 Å². The number of urea groups is 1. The number of methoxy groups -OCH3 is 1. The average Bonchev–Trinajstić information content (AvgIpc) is 2.68. The molecule has 0 bridgehead atoms. The molecule has 27 heavy (non-hydrogen) atoms. The molecule has 1 aromatic carbocycles. The number of halogens is 1. The van der Waals surface area contributed by atoms with Gasteiger partial charge < -0.3 is 24.8 Å². The first kappa shape index (κ1) is 19.0. The minimum atomic E-state index is -0.177. The highest BCUT2D eigenvalue weighted by molar-refractivity contribution is 6.31. The van der Waals surface area contributed by atoms with Crippen molar-refractivity contribution in [2.75, 3.05) is 62.5 Å². The Kier molecular flexibility index (Phi) is 5.85. The molecule has 1 aliphatic heterocycles. The van der Waals surface area contributed by atoms with Crippen LogP contribution in [0.25, 0.3) is 0 Å². The first-order chi connectivity index (χ1) is 13.0. The Morgan fingerprint density at radius 1 is 1.15 bits per heavy atom. The van der Waals surface area contributed by atoms with Gasteiger partial charge >= 0.3 is 6.03 Å². The molecule has 0 saturated carbocycles. The topological polar surface area (TPSA) is 73.8 Å². The van der Waals surface area contributed by atoms with Gasteiger partial charge in [-0.1, -0.05) is 11.6 Å². The summed E-state index contributed by atoms with van der Waals surface area (Å²) in [6, 6.07) is 8.84. The van der Waals surface area contributed by atoms with Crippen LogP contribution in [0, 0.1) is 0 Å². The molecular weight excluding hydrogens is 368 g/mol. The van der Waals surface area contributed by atoms with Gasteiger partial charge in [0, 0.05) is 45.3 Å². The van der Waals surface area contributed by atoms with E-state index in [0.29, 0.717) is 42.6 Å². The minimum Gasteiger partial charge on any atom is -0.495 e. The van der Waals surface area contributed by atoms with Crippen molar-refractivity contribution in [3.05, 3.63) is 35.4 Å². The summed E-state index contributed by atoms with van der Waals surface area (Å²) < 4.78 is 5.27. The molecule has 0 radical (unpaired) electrons. The lowest BCUT2D eigenvalue weighted by Crippen LogP contribution is -2.50. The number of anilines is 3. The third kappa shape index (κ3) is 4.51. The lowest BCUT2D eigenvalue weighted by Gasteiger charge is -2.35. The molecule has 2 aromatic rings. The summed E-state index contributed by atoms with van der Waals surface area (Å²) >= 11 is 6.02. The van der Waals surface area contributed by atoms with Crippen molar-refractivity contribution in [3.8, 4) is 5.75 Å². The number of benzene rings is 1. The van der Waals surface area contributed by atoms with E-state index >= 15 is 0 Å². The Labute approximate surface area is 163 Å². The Balaban J connectivity index is 1.59. The largest absolute Gasteiger partial charge is 0.495 e. The van der Waals surface area contributed by atoms with Gasteiger partial charge in [-0.15, -0.1) is 10.2 Å². The van der Waals surface area contributed by atoms with Gasteiger partial charge in [-0.2, -0.15) is 0 Å². The summed E-state index contributed by atoms with van der Waals surface area (Å²) in [5, 5.41) is 11.9. The second-order valence-corrected chi connectivity index (χ2v) is 6.83. The van der Waals surface area contributed by atoms with Gasteiger partial charge in [-0.05, 0) is 30.3 Å². The number of piperazine rings is 1. The van der Waals surface area contributed by atoms with Gasteiger partial charge in [-0.3, -0.25) is 0 Å². The normalized spacial score (nSPS) is 14.1. The Hall–Kier alpha value is -2.74. The number of nitrogens with zero attached hydrogens (tertiary/aromatic N) is 5. The van der Waals surface area contributed by atoms with E-state index in [1.807, 2.05) is 31.1 Å². The van der Waals surface area contributed by atoms with Crippen molar-refractivity contribution in [2.45, 2.75) is 0 Å². The quantitative estimate of drug-likeness (QED) is 0.864. The van der Waals surface area contributed by atoms with E-state index in [-0.39, 0.29) is 6.03 Å². The summed E-state index contributed by atoms with van der Waals surface area (Å²) in [5.74, 6) is 2.20. The van der Waals surface area contributed by atoms with Gasteiger partial charge in [0.2, 0.25) is 0 Å². The van der Waals surface area contributed by atoms with E-state index in [1.54, 1.807) is 30.2 Å². The standard InChI is InChI=1S/C18H23ClN6O2/c1-23(2)16-6-7-17(22-21-16)24-8-10-25(11-9-24)18(26)20-14-12-13(19)4-5-15(14)27-3/h4-7,12H,8-11H2,1-3H3,(H,20,26). The van der Waals surface area contributed by atoms with Crippen LogP contribution < -0.4 is 19.9 Å². The lowest BCUT2D eigenvalue weighted by molar-refractivity contribution is 0.208. The third-order valence-corrected chi connectivity index (χ3v) is 4.62. The molecule has 9 heteroatoms. The Bertz CT molecular complexity index is 791. The van der Waals surface area contributed by atoms with Crippen molar-refractivity contribution in [1.82, 2.24) is 15.1 Å². The van der Waals surface area contributed by atoms with Crippen LogP contribution in [0.2, 0.25) is 5.02 Å². The van der Waals surface area contributed by atoms with Crippen LogP contribution in [-0.2, 0) is 0 Å². The molecule has 1 saturated heterocycles. The van der Waals surface area contributed by atoms with E-state index < -0.39 is 0 Å². The summed E-state index contributed by atoms with van der Waals surface area (Å²) in [6.07, 6.45) is 0. The van der Waals surface area contributed by atoms with Gasteiger partial charge in [0.05, 0.1) is 12.8 Å². The van der Waals surface area contributed by atoms with E-state index in [0.717, 1.165) is 11.6 Å². The predicted octanol–water partition coefficient (Wildman–Crippen LogP) is 2.56. The Morgan fingerprint density at radius 2 is 1.89 bits per heavy atom. The number of nitrogens with one attached hydrogen (secondary N) is 1. The fourth-order valence-electron chi connectivity index (χ4n) is 2.84. The zero-order chi connectivity index (χ0) is 19.4. The zero-order valence-electron chi connectivity index (χ0n) is 15.6. The monoisotopic (exact) mass is 390 g/mol. The summed E-state index contributed by atoms with van der Waals surface area (Å²) in [7, 11) is 5.41. The fourth-order valence-corrected chi connectivity index (χ4v) is 3.01. The maximum absolute atomic E-state index is 12.6. The molecule has 0 aliphatic carbocycles. The van der Waals surface area contributed by atoms with E-state index in [2.05, 4.69) is 20.4 Å². The molecule has 1 N–H and O–H groups in total. The molecule has 1 aromatic heterocycles. The smallest absolute Gasteiger partial charge is 0.322 e. The second-order valence-electron chi connectivity index (χ2n) is 6.39. The van der Waals surface area contributed by atoms with Crippen LogP contribution in [0.4, 0.5) is 22.1 Å². The molecule has 0 spiro atoms. The maximum atomic E-state index is 12.6. The van der Waals surface area contributed by atoms with Gasteiger partial charge in [0.25, 0.3) is 0 Å². The van der Waals surface area contributed by atoms with Crippen LogP contribution in [0.1, 0.15) is 0 Å². The number of aromatic nitrogens is 2. The molecule has 1 aliphatic rings. The summed E-state index contributed by atoms with van der Waals surface area (Å²) in [4.78, 5) is 18.4. The maximum Gasteiger partial charge on any atom is 0.322 e. The summed E-state index contributed by atoms with van der Waals surface area (Å²) in [5.41, 5.74) is 0.558. The molecule has 2 heterocycles. The zero-order valence-corrected chi connectivity index (χ0v) is 16.4. The fraction of sp³-hybridized carbons (Fsp3) is 0.389. The van der Waals surface area contributed by atoms with Crippen molar-refractivity contribution in [1.29, 1.82) is 0 Å². The van der Waals surface area contributed by atoms with E-state index in [1.165, 1.54) is 0 Å².